The highest BCUT2D eigenvalue weighted by atomic mass is 16.6. The average Bonchev–Trinajstić information content (AvgIpc) is 2.61. The van der Waals surface area contributed by atoms with Crippen LogP contribution >= 0.6 is 0 Å². The first kappa shape index (κ1) is 18.7. The number of hydrogen-bond acceptors (Lipinski definition) is 6. The summed E-state index contributed by atoms with van der Waals surface area (Å²) in [6.07, 6.45) is 2.56. The molecule has 25 heavy (non-hydrogen) atoms. The molecule has 0 aromatic heterocycles. The second-order valence-electron chi connectivity index (χ2n) is 5.80. The number of phenols is 1. The molecular formula is C19H22O6. The molecule has 2 N–H and O–H groups in total. The molecule has 0 saturated carbocycles. The number of Topliss-reactive ketones (excluding diaryl/α,β-unsaturated/α-hetero) is 1. The normalized spacial score (nSPS) is 21.4. The van der Waals surface area contributed by atoms with Gasteiger partial charge in [-0.1, -0.05) is 18.2 Å². The monoisotopic (exact) mass is 346 g/mol. The lowest BCUT2D eigenvalue weighted by Gasteiger charge is -2.29. The molecule has 1 aliphatic heterocycles. The van der Waals surface area contributed by atoms with Crippen LogP contribution in [0.2, 0.25) is 0 Å². The number of ketones is 1. The van der Waals surface area contributed by atoms with Crippen LogP contribution in [0.1, 0.15) is 25.3 Å². The molecule has 0 saturated heterocycles. The molecule has 1 heterocycles. The van der Waals surface area contributed by atoms with Crippen LogP contribution < -0.4 is 0 Å². The third-order valence-corrected chi connectivity index (χ3v) is 4.20. The van der Waals surface area contributed by atoms with Crippen molar-refractivity contribution in [3.05, 3.63) is 53.3 Å². The van der Waals surface area contributed by atoms with E-state index >= 15 is 0 Å². The van der Waals surface area contributed by atoms with Gasteiger partial charge in [-0.05, 0) is 31.0 Å². The number of aliphatic hydroxyl groups is 1. The number of aliphatic hydroxyl groups excluding tert-OH is 1. The number of esters is 1. The molecule has 0 radical (unpaired) electrons. The van der Waals surface area contributed by atoms with Crippen molar-refractivity contribution in [2.45, 2.75) is 32.5 Å². The topological polar surface area (TPSA) is 93.1 Å². The minimum Gasteiger partial charge on any atom is -0.508 e. The van der Waals surface area contributed by atoms with E-state index in [1.165, 1.54) is 13.4 Å². The first-order valence-electron chi connectivity index (χ1n) is 8.03. The van der Waals surface area contributed by atoms with E-state index in [1.807, 2.05) is 0 Å². The number of phenolic OH excluding ortho intramolecular Hbond substituents is 1. The summed E-state index contributed by atoms with van der Waals surface area (Å²) in [4.78, 5) is 24.3. The number of carbonyl (C=O) groups excluding carboxylic acids is 2. The zero-order valence-electron chi connectivity index (χ0n) is 14.3. The molecule has 1 aromatic carbocycles. The SMILES string of the molecule is C/C=C1\C(O)OC=C(C(=O)OC)C1CC(=O)CCc1ccc(O)cc1. The molecule has 134 valence electrons. The summed E-state index contributed by atoms with van der Waals surface area (Å²) in [6, 6.07) is 6.67. The van der Waals surface area contributed by atoms with Gasteiger partial charge < -0.3 is 19.7 Å². The van der Waals surface area contributed by atoms with Gasteiger partial charge in [-0.3, -0.25) is 4.79 Å². The van der Waals surface area contributed by atoms with Crippen molar-refractivity contribution in [2.75, 3.05) is 7.11 Å². The van der Waals surface area contributed by atoms with Gasteiger partial charge >= 0.3 is 5.97 Å². The number of carbonyl (C=O) groups is 2. The van der Waals surface area contributed by atoms with Crippen molar-refractivity contribution in [1.29, 1.82) is 0 Å². The lowest BCUT2D eigenvalue weighted by Crippen LogP contribution is -2.30. The molecule has 2 atom stereocenters. The van der Waals surface area contributed by atoms with Gasteiger partial charge in [-0.25, -0.2) is 4.79 Å². The van der Waals surface area contributed by atoms with E-state index in [0.29, 0.717) is 18.4 Å². The van der Waals surface area contributed by atoms with Crippen molar-refractivity contribution >= 4 is 11.8 Å². The highest BCUT2D eigenvalue weighted by molar-refractivity contribution is 5.91. The smallest absolute Gasteiger partial charge is 0.337 e. The molecule has 0 fully saturated rings. The van der Waals surface area contributed by atoms with Crippen molar-refractivity contribution < 1.29 is 29.3 Å². The molecule has 6 heteroatoms. The first-order chi connectivity index (χ1) is 12.0. The van der Waals surface area contributed by atoms with Crippen LogP contribution in [0.25, 0.3) is 0 Å². The van der Waals surface area contributed by atoms with Crippen molar-refractivity contribution in [3.8, 4) is 5.75 Å². The number of ether oxygens (including phenoxy) is 2. The van der Waals surface area contributed by atoms with Crippen LogP contribution in [-0.4, -0.2) is 35.4 Å². The van der Waals surface area contributed by atoms with E-state index < -0.39 is 18.2 Å². The van der Waals surface area contributed by atoms with E-state index in [1.54, 1.807) is 37.3 Å². The van der Waals surface area contributed by atoms with E-state index in [4.69, 9.17) is 9.47 Å². The Morgan fingerprint density at radius 2 is 1.96 bits per heavy atom. The molecule has 1 aromatic rings. The Balaban J connectivity index is 2.06. The second-order valence-corrected chi connectivity index (χ2v) is 5.80. The number of allylic oxidation sites excluding steroid dienone is 1. The number of rotatable bonds is 6. The highest BCUT2D eigenvalue weighted by Gasteiger charge is 2.34. The Morgan fingerprint density at radius 3 is 2.56 bits per heavy atom. The number of aryl methyl sites for hydroxylation is 1. The van der Waals surface area contributed by atoms with Gasteiger partial charge in [0.05, 0.1) is 18.9 Å². The number of benzene rings is 1. The van der Waals surface area contributed by atoms with E-state index in [-0.39, 0.29) is 23.5 Å². The molecule has 0 amide bonds. The van der Waals surface area contributed by atoms with Gasteiger partial charge in [0.1, 0.15) is 11.5 Å². The van der Waals surface area contributed by atoms with Crippen molar-refractivity contribution in [1.82, 2.24) is 0 Å². The summed E-state index contributed by atoms with van der Waals surface area (Å²) < 4.78 is 9.80. The van der Waals surface area contributed by atoms with E-state index in [2.05, 4.69) is 0 Å². The van der Waals surface area contributed by atoms with Crippen molar-refractivity contribution in [2.24, 2.45) is 5.92 Å². The van der Waals surface area contributed by atoms with E-state index in [9.17, 15) is 19.8 Å². The minimum absolute atomic E-state index is 0.0404. The zero-order chi connectivity index (χ0) is 18.4. The van der Waals surface area contributed by atoms with E-state index in [0.717, 1.165) is 5.56 Å². The number of methoxy groups -OCH3 is 1. The quantitative estimate of drug-likeness (QED) is 0.606. The summed E-state index contributed by atoms with van der Waals surface area (Å²) >= 11 is 0. The van der Waals surface area contributed by atoms with Gasteiger partial charge in [-0.2, -0.15) is 0 Å². The Labute approximate surface area is 146 Å². The maximum atomic E-state index is 12.4. The summed E-state index contributed by atoms with van der Waals surface area (Å²) in [6.45, 7) is 1.72. The van der Waals surface area contributed by atoms with Crippen LogP contribution in [0.5, 0.6) is 5.75 Å². The van der Waals surface area contributed by atoms with Gasteiger partial charge in [0.25, 0.3) is 0 Å². The average molecular weight is 346 g/mol. The third kappa shape index (κ3) is 4.70. The molecule has 0 aliphatic carbocycles. The Morgan fingerprint density at radius 1 is 1.28 bits per heavy atom. The Bertz CT molecular complexity index is 686. The minimum atomic E-state index is -1.17. The predicted octanol–water partition coefficient (Wildman–Crippen LogP) is 2.25. The fourth-order valence-corrected chi connectivity index (χ4v) is 2.81. The van der Waals surface area contributed by atoms with Crippen LogP contribution in [0.15, 0.2) is 47.7 Å². The van der Waals surface area contributed by atoms with Gasteiger partial charge in [0, 0.05) is 24.3 Å². The van der Waals surface area contributed by atoms with Crippen LogP contribution in [0, 0.1) is 5.92 Å². The summed E-state index contributed by atoms with van der Waals surface area (Å²) in [5.74, 6) is -1.01. The fraction of sp³-hybridized carbons (Fsp3) is 0.368. The predicted molar refractivity (Wildman–Crippen MR) is 90.5 cm³/mol. The molecule has 1 aliphatic rings. The summed E-state index contributed by atoms with van der Waals surface area (Å²) in [5.41, 5.74) is 1.63. The maximum Gasteiger partial charge on any atom is 0.337 e. The zero-order valence-corrected chi connectivity index (χ0v) is 14.3. The molecule has 6 nitrogen and oxygen atoms in total. The Hall–Kier alpha value is -2.60. The summed E-state index contributed by atoms with van der Waals surface area (Å²) in [5, 5.41) is 19.2. The first-order valence-corrected chi connectivity index (χ1v) is 8.03. The van der Waals surface area contributed by atoms with Crippen LogP contribution in [-0.2, 0) is 25.5 Å². The molecule has 0 bridgehead atoms. The second kappa shape index (κ2) is 8.48. The molecule has 0 spiro atoms. The lowest BCUT2D eigenvalue weighted by atomic mass is 9.84. The maximum absolute atomic E-state index is 12.4. The third-order valence-electron chi connectivity index (χ3n) is 4.20. The fourth-order valence-electron chi connectivity index (χ4n) is 2.81. The van der Waals surface area contributed by atoms with Gasteiger partial charge in [0.2, 0.25) is 6.29 Å². The molecule has 2 rings (SSSR count). The van der Waals surface area contributed by atoms with Gasteiger partial charge in [-0.15, -0.1) is 0 Å². The lowest BCUT2D eigenvalue weighted by molar-refractivity contribution is -0.137. The Kier molecular flexibility index (Phi) is 6.36. The molecular weight excluding hydrogens is 324 g/mol. The number of hydrogen-bond donors (Lipinski definition) is 2. The highest BCUT2D eigenvalue weighted by Crippen LogP contribution is 2.33. The molecule has 2 unspecified atom stereocenters. The largest absolute Gasteiger partial charge is 0.508 e. The number of aromatic hydroxyl groups is 1. The van der Waals surface area contributed by atoms with Crippen LogP contribution in [0.3, 0.4) is 0 Å². The van der Waals surface area contributed by atoms with Crippen LogP contribution in [0.4, 0.5) is 0 Å². The summed E-state index contributed by atoms with van der Waals surface area (Å²) in [7, 11) is 1.26. The van der Waals surface area contributed by atoms with Gasteiger partial charge in [0.15, 0.2) is 0 Å². The van der Waals surface area contributed by atoms with Crippen molar-refractivity contribution in [3.63, 3.8) is 0 Å². The standard InChI is InChI=1S/C19H22O6/c1-3-15-16(17(18(22)24-2)11-25-19(15)23)10-14(21)9-6-12-4-7-13(20)8-5-12/h3-5,7-8,11,16,19-20,23H,6,9-10H2,1-2H3/b15-3-.